The Morgan fingerprint density at radius 1 is 1.26 bits per heavy atom. The van der Waals surface area contributed by atoms with Gasteiger partial charge in [-0.3, -0.25) is 4.79 Å². The van der Waals surface area contributed by atoms with Gasteiger partial charge in [0.25, 0.3) is 5.91 Å². The number of hydrogen-bond acceptors (Lipinski definition) is 2. The van der Waals surface area contributed by atoms with Crippen molar-refractivity contribution in [1.82, 2.24) is 5.32 Å². The summed E-state index contributed by atoms with van der Waals surface area (Å²) in [4.78, 5) is 12.2. The number of amides is 1. The summed E-state index contributed by atoms with van der Waals surface area (Å²) in [6, 6.07) is 11.7. The van der Waals surface area contributed by atoms with Crippen LogP contribution in [0.4, 0.5) is 0 Å². The molecule has 19 heavy (non-hydrogen) atoms. The predicted molar refractivity (Wildman–Crippen MR) is 73.1 cm³/mol. The first-order valence-corrected chi connectivity index (χ1v) is 6.72. The lowest BCUT2D eigenvalue weighted by Crippen LogP contribution is -2.29. The van der Waals surface area contributed by atoms with E-state index in [-0.39, 0.29) is 17.2 Å². The summed E-state index contributed by atoms with van der Waals surface area (Å²) in [7, 11) is 0. The molecule has 1 aromatic carbocycles. The molecule has 0 radical (unpaired) electrons. The number of rotatable bonds is 4. The molecule has 3 nitrogen and oxygen atoms in total. The summed E-state index contributed by atoms with van der Waals surface area (Å²) >= 11 is 5.83. The van der Waals surface area contributed by atoms with Crippen molar-refractivity contribution < 1.29 is 9.21 Å². The Hall–Kier alpha value is -1.74. The maximum atomic E-state index is 12.2. The van der Waals surface area contributed by atoms with Gasteiger partial charge in [0.05, 0.1) is 17.9 Å². The average molecular weight is 276 g/mol. The Morgan fingerprint density at radius 2 is 2.00 bits per heavy atom. The molecule has 1 fully saturated rings. The molecule has 4 heteroatoms. The van der Waals surface area contributed by atoms with E-state index in [9.17, 15) is 4.79 Å². The Balaban J connectivity index is 1.79. The van der Waals surface area contributed by atoms with E-state index in [0.717, 1.165) is 18.4 Å². The van der Waals surface area contributed by atoms with Gasteiger partial charge in [0.1, 0.15) is 0 Å². The third-order valence-electron chi connectivity index (χ3n) is 3.40. The van der Waals surface area contributed by atoms with Crippen molar-refractivity contribution in [2.75, 3.05) is 0 Å². The van der Waals surface area contributed by atoms with Crippen molar-refractivity contribution in [3.63, 3.8) is 0 Å². The average Bonchev–Trinajstić information content (AvgIpc) is 3.18. The molecular weight excluding hydrogens is 262 g/mol. The summed E-state index contributed by atoms with van der Waals surface area (Å²) in [5.41, 5.74) is 1.53. The molecule has 1 unspecified atom stereocenters. The van der Waals surface area contributed by atoms with E-state index in [2.05, 4.69) is 5.32 Å². The fourth-order valence-corrected chi connectivity index (χ4v) is 2.44. The zero-order valence-electron chi connectivity index (χ0n) is 10.3. The Labute approximate surface area is 116 Å². The highest BCUT2D eigenvalue weighted by atomic mass is 35.5. The van der Waals surface area contributed by atoms with Gasteiger partial charge in [-0.2, -0.15) is 0 Å². The molecule has 0 saturated heterocycles. The van der Waals surface area contributed by atoms with Crippen molar-refractivity contribution in [2.24, 2.45) is 5.92 Å². The predicted octanol–water partition coefficient (Wildman–Crippen LogP) is 3.81. The highest BCUT2D eigenvalue weighted by Gasteiger charge is 2.33. The van der Waals surface area contributed by atoms with Crippen LogP contribution in [0.1, 0.15) is 34.8 Å². The van der Waals surface area contributed by atoms with E-state index >= 15 is 0 Å². The van der Waals surface area contributed by atoms with Gasteiger partial charge in [-0.25, -0.2) is 0 Å². The highest BCUT2D eigenvalue weighted by Crippen LogP contribution is 2.41. The van der Waals surface area contributed by atoms with Crippen LogP contribution < -0.4 is 5.32 Å². The standard InChI is InChI=1S/C15H14ClNO2/c16-14-12(8-9-19-14)15(18)17-13(11-6-7-11)10-4-2-1-3-5-10/h1-5,8-9,11,13H,6-7H2,(H,17,18). The third-order valence-corrected chi connectivity index (χ3v) is 3.69. The maximum Gasteiger partial charge on any atom is 0.256 e. The van der Waals surface area contributed by atoms with Gasteiger partial charge in [0, 0.05) is 0 Å². The largest absolute Gasteiger partial charge is 0.452 e. The molecular formula is C15H14ClNO2. The van der Waals surface area contributed by atoms with Gasteiger partial charge in [0.2, 0.25) is 5.22 Å². The summed E-state index contributed by atoms with van der Waals surface area (Å²) in [6.07, 6.45) is 3.73. The van der Waals surface area contributed by atoms with Crippen molar-refractivity contribution in [3.8, 4) is 0 Å². The maximum absolute atomic E-state index is 12.2. The second kappa shape index (κ2) is 5.10. The van der Waals surface area contributed by atoms with Gasteiger partial charge >= 0.3 is 0 Å². The van der Waals surface area contributed by atoms with E-state index in [1.54, 1.807) is 6.07 Å². The Bertz CT molecular complexity index is 575. The Kier molecular flexibility index (Phi) is 3.30. The minimum Gasteiger partial charge on any atom is -0.452 e. The molecule has 0 spiro atoms. The van der Waals surface area contributed by atoms with Crippen LogP contribution in [-0.4, -0.2) is 5.91 Å². The summed E-state index contributed by atoms with van der Waals surface area (Å²) < 4.78 is 4.95. The zero-order chi connectivity index (χ0) is 13.2. The lowest BCUT2D eigenvalue weighted by molar-refractivity contribution is 0.0931. The SMILES string of the molecule is O=C(NC(c1ccccc1)C1CC1)c1ccoc1Cl. The lowest BCUT2D eigenvalue weighted by atomic mass is 10.0. The first kappa shape index (κ1) is 12.3. The first-order chi connectivity index (χ1) is 9.25. The van der Waals surface area contributed by atoms with E-state index in [1.807, 2.05) is 30.3 Å². The molecule has 1 heterocycles. The van der Waals surface area contributed by atoms with E-state index in [1.165, 1.54) is 6.26 Å². The number of nitrogens with one attached hydrogen (secondary N) is 1. The summed E-state index contributed by atoms with van der Waals surface area (Å²) in [5.74, 6) is 0.344. The van der Waals surface area contributed by atoms with Crippen LogP contribution in [0.15, 0.2) is 47.1 Å². The van der Waals surface area contributed by atoms with Crippen LogP contribution >= 0.6 is 11.6 Å². The van der Waals surface area contributed by atoms with E-state index in [4.69, 9.17) is 16.0 Å². The normalized spacial score (nSPS) is 16.1. The minimum atomic E-state index is -0.181. The molecule has 98 valence electrons. The molecule has 1 aromatic heterocycles. The summed E-state index contributed by atoms with van der Waals surface area (Å²) in [5, 5.41) is 3.19. The number of carbonyl (C=O) groups is 1. The molecule has 0 bridgehead atoms. The van der Waals surface area contributed by atoms with Crippen LogP contribution in [0.5, 0.6) is 0 Å². The van der Waals surface area contributed by atoms with Crippen LogP contribution in [0.2, 0.25) is 5.22 Å². The lowest BCUT2D eigenvalue weighted by Gasteiger charge is -2.18. The van der Waals surface area contributed by atoms with Crippen LogP contribution in [0.25, 0.3) is 0 Å². The quantitative estimate of drug-likeness (QED) is 0.922. The smallest absolute Gasteiger partial charge is 0.256 e. The molecule has 2 aromatic rings. The van der Waals surface area contributed by atoms with Crippen LogP contribution in [0.3, 0.4) is 0 Å². The molecule has 1 aliphatic carbocycles. The van der Waals surface area contributed by atoms with Gasteiger partial charge in [0.15, 0.2) is 0 Å². The molecule has 0 aliphatic heterocycles. The fourth-order valence-electron chi connectivity index (χ4n) is 2.24. The van der Waals surface area contributed by atoms with Gasteiger partial charge in [-0.05, 0) is 42.0 Å². The number of halogens is 1. The van der Waals surface area contributed by atoms with Gasteiger partial charge in [-0.15, -0.1) is 0 Å². The number of carbonyl (C=O) groups excluding carboxylic acids is 1. The van der Waals surface area contributed by atoms with Gasteiger partial charge < -0.3 is 9.73 Å². The second-order valence-electron chi connectivity index (χ2n) is 4.81. The topological polar surface area (TPSA) is 42.2 Å². The summed E-state index contributed by atoms with van der Waals surface area (Å²) in [6.45, 7) is 0. The number of furan rings is 1. The van der Waals surface area contributed by atoms with Crippen molar-refractivity contribution in [1.29, 1.82) is 0 Å². The van der Waals surface area contributed by atoms with Crippen molar-refractivity contribution >= 4 is 17.5 Å². The third kappa shape index (κ3) is 2.66. The van der Waals surface area contributed by atoms with Gasteiger partial charge in [-0.1, -0.05) is 30.3 Å². The van der Waals surface area contributed by atoms with Crippen LogP contribution in [0, 0.1) is 5.92 Å². The Morgan fingerprint density at radius 3 is 2.58 bits per heavy atom. The molecule has 1 amide bonds. The second-order valence-corrected chi connectivity index (χ2v) is 5.15. The highest BCUT2D eigenvalue weighted by molar-refractivity contribution is 6.32. The number of benzene rings is 1. The van der Waals surface area contributed by atoms with E-state index in [0.29, 0.717) is 11.5 Å². The van der Waals surface area contributed by atoms with E-state index < -0.39 is 0 Å². The molecule has 1 atom stereocenters. The molecule has 1 saturated carbocycles. The molecule has 1 aliphatic rings. The zero-order valence-corrected chi connectivity index (χ0v) is 11.1. The molecule has 1 N–H and O–H groups in total. The van der Waals surface area contributed by atoms with Crippen molar-refractivity contribution in [3.05, 3.63) is 59.0 Å². The van der Waals surface area contributed by atoms with Crippen molar-refractivity contribution in [2.45, 2.75) is 18.9 Å². The molecule has 3 rings (SSSR count). The number of hydrogen-bond donors (Lipinski definition) is 1. The fraction of sp³-hybridized carbons (Fsp3) is 0.267. The monoisotopic (exact) mass is 275 g/mol. The first-order valence-electron chi connectivity index (χ1n) is 6.34. The minimum absolute atomic E-state index is 0.0552. The van der Waals surface area contributed by atoms with Crippen LogP contribution in [-0.2, 0) is 0 Å².